The van der Waals surface area contributed by atoms with Gasteiger partial charge in [-0.05, 0) is 36.6 Å². The molecule has 0 radical (unpaired) electrons. The molecule has 0 aliphatic heterocycles. The minimum absolute atomic E-state index is 0.551. The second-order valence-corrected chi connectivity index (χ2v) is 3.63. The molecule has 1 aromatic carbocycles. The van der Waals surface area contributed by atoms with E-state index in [1.165, 1.54) is 16.5 Å². The highest BCUT2D eigenvalue weighted by atomic mass is 14.7. The van der Waals surface area contributed by atoms with Gasteiger partial charge >= 0.3 is 0 Å². The molecule has 0 amide bonds. The Kier molecular flexibility index (Phi) is 2.22. The summed E-state index contributed by atoms with van der Waals surface area (Å²) in [6.45, 7) is 4.76. The van der Waals surface area contributed by atoms with Crippen LogP contribution in [0.5, 0.6) is 0 Å². The summed E-state index contributed by atoms with van der Waals surface area (Å²) < 4.78 is 0. The van der Waals surface area contributed by atoms with Crippen molar-refractivity contribution in [3.8, 4) is 0 Å². The summed E-state index contributed by atoms with van der Waals surface area (Å²) in [5.41, 5.74) is 10.3. The van der Waals surface area contributed by atoms with E-state index in [1.807, 2.05) is 6.20 Å². The molecule has 2 rings (SSSR count). The smallest absolute Gasteiger partial charge is 0.0733 e. The van der Waals surface area contributed by atoms with Crippen LogP contribution in [-0.4, -0.2) is 4.98 Å². The highest BCUT2D eigenvalue weighted by Crippen LogP contribution is 2.19. The van der Waals surface area contributed by atoms with Gasteiger partial charge in [0.05, 0.1) is 5.52 Å². The summed E-state index contributed by atoms with van der Waals surface area (Å²) in [6.07, 6.45) is 1.86. The Labute approximate surface area is 83.8 Å². The number of benzene rings is 1. The third kappa shape index (κ3) is 1.38. The molecule has 0 aliphatic carbocycles. The minimum atomic E-state index is 0.551. The van der Waals surface area contributed by atoms with Crippen molar-refractivity contribution < 1.29 is 0 Å². The van der Waals surface area contributed by atoms with E-state index in [4.69, 9.17) is 5.73 Å². The molecule has 1 aromatic heterocycles. The molecule has 0 spiro atoms. The number of hydrogen-bond acceptors (Lipinski definition) is 2. The summed E-state index contributed by atoms with van der Waals surface area (Å²) in [6, 6.07) is 6.33. The largest absolute Gasteiger partial charge is 0.326 e. The summed E-state index contributed by atoms with van der Waals surface area (Å²) >= 11 is 0. The fourth-order valence-electron chi connectivity index (χ4n) is 1.61. The van der Waals surface area contributed by atoms with Gasteiger partial charge < -0.3 is 5.73 Å². The van der Waals surface area contributed by atoms with E-state index in [9.17, 15) is 0 Å². The quantitative estimate of drug-likeness (QED) is 0.742. The van der Waals surface area contributed by atoms with Crippen molar-refractivity contribution >= 4 is 10.9 Å². The van der Waals surface area contributed by atoms with Crippen LogP contribution in [0.1, 0.15) is 16.7 Å². The maximum Gasteiger partial charge on any atom is 0.0733 e. The van der Waals surface area contributed by atoms with Crippen molar-refractivity contribution in [2.24, 2.45) is 5.73 Å². The first-order valence-electron chi connectivity index (χ1n) is 4.77. The molecule has 0 saturated carbocycles. The van der Waals surface area contributed by atoms with E-state index in [1.54, 1.807) is 0 Å². The molecule has 0 aliphatic rings. The summed E-state index contributed by atoms with van der Waals surface area (Å²) in [4.78, 5) is 4.43. The maximum atomic E-state index is 5.57. The Hall–Kier alpha value is -1.41. The van der Waals surface area contributed by atoms with Gasteiger partial charge in [-0.2, -0.15) is 0 Å². The first-order valence-corrected chi connectivity index (χ1v) is 4.77. The normalized spacial score (nSPS) is 10.8. The molecule has 1 heterocycles. The SMILES string of the molecule is Cc1ccc2cc(CN)cnc2c1C. The van der Waals surface area contributed by atoms with Crippen LogP contribution in [0.25, 0.3) is 10.9 Å². The van der Waals surface area contributed by atoms with Crippen molar-refractivity contribution in [2.45, 2.75) is 20.4 Å². The standard InChI is InChI=1S/C12H14N2/c1-8-3-4-11-5-10(6-13)7-14-12(11)9(8)2/h3-5,7H,6,13H2,1-2H3. The fraction of sp³-hybridized carbons (Fsp3) is 0.250. The van der Waals surface area contributed by atoms with Crippen LogP contribution in [0.15, 0.2) is 24.4 Å². The van der Waals surface area contributed by atoms with Crippen molar-refractivity contribution in [1.29, 1.82) is 0 Å². The molecular weight excluding hydrogens is 172 g/mol. The van der Waals surface area contributed by atoms with Crippen LogP contribution in [0.4, 0.5) is 0 Å². The predicted octanol–water partition coefficient (Wildman–Crippen LogP) is 2.31. The lowest BCUT2D eigenvalue weighted by Gasteiger charge is -2.05. The lowest BCUT2D eigenvalue weighted by Crippen LogP contribution is -1.97. The van der Waals surface area contributed by atoms with Gasteiger partial charge in [0.2, 0.25) is 0 Å². The fourth-order valence-corrected chi connectivity index (χ4v) is 1.61. The summed E-state index contributed by atoms with van der Waals surface area (Å²) in [5.74, 6) is 0. The van der Waals surface area contributed by atoms with Gasteiger partial charge in [0.15, 0.2) is 0 Å². The van der Waals surface area contributed by atoms with Gasteiger partial charge in [-0.1, -0.05) is 12.1 Å². The highest BCUT2D eigenvalue weighted by Gasteiger charge is 2.01. The minimum Gasteiger partial charge on any atom is -0.326 e. The number of rotatable bonds is 1. The highest BCUT2D eigenvalue weighted by molar-refractivity contribution is 5.83. The average molecular weight is 186 g/mol. The number of nitrogens with two attached hydrogens (primary N) is 1. The van der Waals surface area contributed by atoms with E-state index >= 15 is 0 Å². The third-order valence-electron chi connectivity index (χ3n) is 2.67. The molecule has 2 heteroatoms. The molecule has 72 valence electrons. The third-order valence-corrected chi connectivity index (χ3v) is 2.67. The van der Waals surface area contributed by atoms with Crippen molar-refractivity contribution in [3.63, 3.8) is 0 Å². The molecule has 2 aromatic rings. The lowest BCUT2D eigenvalue weighted by atomic mass is 10.0. The van der Waals surface area contributed by atoms with Crippen LogP contribution in [0.3, 0.4) is 0 Å². The van der Waals surface area contributed by atoms with E-state index in [0.717, 1.165) is 11.1 Å². The number of pyridine rings is 1. The van der Waals surface area contributed by atoms with Crippen molar-refractivity contribution in [1.82, 2.24) is 4.98 Å². The lowest BCUT2D eigenvalue weighted by molar-refractivity contribution is 1.06. The Morgan fingerprint density at radius 3 is 2.79 bits per heavy atom. The van der Waals surface area contributed by atoms with Crippen LogP contribution in [0, 0.1) is 13.8 Å². The van der Waals surface area contributed by atoms with Gasteiger partial charge in [0, 0.05) is 18.1 Å². The Morgan fingerprint density at radius 1 is 1.29 bits per heavy atom. The Balaban J connectivity index is 2.74. The average Bonchev–Trinajstić information content (AvgIpc) is 2.23. The first kappa shape index (κ1) is 9.16. The van der Waals surface area contributed by atoms with E-state index in [2.05, 4.69) is 37.0 Å². The first-order chi connectivity index (χ1) is 6.72. The Morgan fingerprint density at radius 2 is 2.07 bits per heavy atom. The summed E-state index contributed by atoms with van der Waals surface area (Å²) in [5, 5.41) is 1.18. The van der Waals surface area contributed by atoms with Gasteiger partial charge in [-0.15, -0.1) is 0 Å². The number of fused-ring (bicyclic) bond motifs is 1. The van der Waals surface area contributed by atoms with Crippen LogP contribution in [0.2, 0.25) is 0 Å². The topological polar surface area (TPSA) is 38.9 Å². The number of nitrogens with zero attached hydrogens (tertiary/aromatic N) is 1. The van der Waals surface area contributed by atoms with Gasteiger partial charge in [0.25, 0.3) is 0 Å². The second kappa shape index (κ2) is 3.39. The number of aromatic nitrogens is 1. The maximum absolute atomic E-state index is 5.57. The molecule has 0 bridgehead atoms. The predicted molar refractivity (Wildman–Crippen MR) is 59.1 cm³/mol. The molecule has 2 nitrogen and oxygen atoms in total. The monoisotopic (exact) mass is 186 g/mol. The zero-order chi connectivity index (χ0) is 10.1. The molecule has 14 heavy (non-hydrogen) atoms. The molecule has 2 N–H and O–H groups in total. The zero-order valence-electron chi connectivity index (χ0n) is 8.54. The van der Waals surface area contributed by atoms with Crippen molar-refractivity contribution in [2.75, 3.05) is 0 Å². The zero-order valence-corrected chi connectivity index (χ0v) is 8.54. The summed E-state index contributed by atoms with van der Waals surface area (Å²) in [7, 11) is 0. The van der Waals surface area contributed by atoms with Gasteiger partial charge in [-0.3, -0.25) is 4.98 Å². The second-order valence-electron chi connectivity index (χ2n) is 3.63. The van der Waals surface area contributed by atoms with E-state index < -0.39 is 0 Å². The van der Waals surface area contributed by atoms with Crippen LogP contribution >= 0.6 is 0 Å². The van der Waals surface area contributed by atoms with Crippen molar-refractivity contribution in [3.05, 3.63) is 41.1 Å². The molecule has 0 saturated heterocycles. The van der Waals surface area contributed by atoms with Gasteiger partial charge in [-0.25, -0.2) is 0 Å². The molecule has 0 unspecified atom stereocenters. The Bertz CT molecular complexity index is 475. The van der Waals surface area contributed by atoms with Crippen LogP contribution < -0.4 is 5.73 Å². The molecular formula is C12H14N2. The van der Waals surface area contributed by atoms with Gasteiger partial charge in [0.1, 0.15) is 0 Å². The van der Waals surface area contributed by atoms with Crippen LogP contribution in [-0.2, 0) is 6.54 Å². The number of hydrogen-bond donors (Lipinski definition) is 1. The molecule has 0 atom stereocenters. The molecule has 0 fully saturated rings. The van der Waals surface area contributed by atoms with E-state index in [0.29, 0.717) is 6.54 Å². The van der Waals surface area contributed by atoms with E-state index in [-0.39, 0.29) is 0 Å². The number of aryl methyl sites for hydroxylation is 2.